The van der Waals surface area contributed by atoms with Gasteiger partial charge in [0, 0.05) is 10.8 Å². The highest BCUT2D eigenvalue weighted by Crippen LogP contribution is 2.39. The van der Waals surface area contributed by atoms with Gasteiger partial charge in [-0.1, -0.05) is 104 Å². The third-order valence-corrected chi connectivity index (χ3v) is 11.3. The molecule has 2 aromatic carbocycles. The Bertz CT molecular complexity index is 719. The normalized spacial score (nSPS) is 21.0. The van der Waals surface area contributed by atoms with Crippen molar-refractivity contribution in [2.75, 3.05) is 11.0 Å². The maximum absolute atomic E-state index is 12.4. The Balaban J connectivity index is 2.16. The van der Waals surface area contributed by atoms with Crippen LogP contribution in [0.4, 0.5) is 0 Å². The Labute approximate surface area is 176 Å². The molecule has 1 aliphatic rings. The minimum atomic E-state index is -2.64. The van der Waals surface area contributed by atoms with Gasteiger partial charge in [-0.25, -0.2) is 0 Å². The van der Waals surface area contributed by atoms with Gasteiger partial charge in [-0.05, 0) is 15.4 Å². The fourth-order valence-electron chi connectivity index (χ4n) is 3.96. The summed E-state index contributed by atoms with van der Waals surface area (Å²) in [5, 5.41) is 2.40. The Morgan fingerprint density at radius 3 is 2.00 bits per heavy atom. The second-order valence-corrected chi connectivity index (χ2v) is 13.2. The van der Waals surface area contributed by atoms with Crippen molar-refractivity contribution < 1.29 is 14.0 Å². The number of carbonyl (C=O) groups is 1. The molecular weight excluding hydrogens is 467 g/mol. The Kier molecular flexibility index (Phi) is 6.43. The van der Waals surface area contributed by atoms with E-state index in [1.165, 1.54) is 10.4 Å². The number of hydrogen-bond acceptors (Lipinski definition) is 3. The van der Waals surface area contributed by atoms with Crippen LogP contribution in [0.5, 0.6) is 0 Å². The number of halogens is 1. The van der Waals surface area contributed by atoms with E-state index in [2.05, 4.69) is 91.9 Å². The highest BCUT2D eigenvalue weighted by molar-refractivity contribution is 14.1. The topological polar surface area (TPSA) is 35.5 Å². The summed E-state index contributed by atoms with van der Waals surface area (Å²) in [5.74, 6) is -0.334. The van der Waals surface area contributed by atoms with Crippen LogP contribution in [0.2, 0.25) is 5.04 Å². The van der Waals surface area contributed by atoms with Crippen LogP contribution < -0.4 is 10.4 Å². The third-order valence-electron chi connectivity index (χ3n) is 5.31. The van der Waals surface area contributed by atoms with E-state index in [-0.39, 0.29) is 23.0 Å². The SMILES string of the molecule is CC(C)(C)[Si](OC1CCOC(=O)C1CI)(c1ccccc1)c1ccccc1. The molecule has 0 radical (unpaired) electrons. The van der Waals surface area contributed by atoms with Gasteiger partial charge in [0.2, 0.25) is 0 Å². The summed E-state index contributed by atoms with van der Waals surface area (Å²) < 4.78 is 13.1. The first-order valence-corrected chi connectivity index (χ1v) is 12.8. The Morgan fingerprint density at radius 1 is 1.04 bits per heavy atom. The number of ether oxygens (including phenoxy) is 1. The smallest absolute Gasteiger partial charge is 0.312 e. The number of benzene rings is 2. The molecule has 0 N–H and O–H groups in total. The molecule has 2 unspecified atom stereocenters. The van der Waals surface area contributed by atoms with Gasteiger partial charge in [0.15, 0.2) is 0 Å². The van der Waals surface area contributed by atoms with Crippen LogP contribution in [0, 0.1) is 5.92 Å². The van der Waals surface area contributed by atoms with Crippen molar-refractivity contribution in [2.24, 2.45) is 5.92 Å². The van der Waals surface area contributed by atoms with Crippen molar-refractivity contribution in [3.8, 4) is 0 Å². The van der Waals surface area contributed by atoms with Crippen LogP contribution in [0.15, 0.2) is 60.7 Å². The van der Waals surface area contributed by atoms with Gasteiger partial charge in [-0.2, -0.15) is 0 Å². The van der Waals surface area contributed by atoms with Gasteiger partial charge < -0.3 is 9.16 Å². The van der Waals surface area contributed by atoms with Gasteiger partial charge in [-0.3, -0.25) is 4.79 Å². The van der Waals surface area contributed by atoms with Gasteiger partial charge in [0.1, 0.15) is 0 Å². The molecule has 144 valence electrons. The van der Waals surface area contributed by atoms with Crippen LogP contribution in [0.1, 0.15) is 27.2 Å². The number of hydrogen-bond donors (Lipinski definition) is 0. The van der Waals surface area contributed by atoms with Crippen LogP contribution in [0.25, 0.3) is 0 Å². The van der Waals surface area contributed by atoms with E-state index in [1.54, 1.807) is 0 Å². The molecule has 1 saturated heterocycles. The van der Waals surface area contributed by atoms with Crippen LogP contribution in [-0.4, -0.2) is 31.4 Å². The van der Waals surface area contributed by atoms with E-state index >= 15 is 0 Å². The molecule has 0 saturated carbocycles. The van der Waals surface area contributed by atoms with Gasteiger partial charge in [0.25, 0.3) is 8.32 Å². The molecule has 0 aromatic heterocycles. The molecule has 5 heteroatoms. The highest BCUT2D eigenvalue weighted by Gasteiger charge is 2.53. The number of rotatable bonds is 5. The van der Waals surface area contributed by atoms with E-state index in [1.807, 2.05) is 12.1 Å². The summed E-state index contributed by atoms with van der Waals surface area (Å²) in [4.78, 5) is 12.4. The van der Waals surface area contributed by atoms with Gasteiger partial charge >= 0.3 is 5.97 Å². The Morgan fingerprint density at radius 2 is 1.56 bits per heavy atom. The van der Waals surface area contributed by atoms with Crippen molar-refractivity contribution in [3.63, 3.8) is 0 Å². The minimum Gasteiger partial charge on any atom is -0.465 e. The van der Waals surface area contributed by atoms with E-state index < -0.39 is 8.32 Å². The monoisotopic (exact) mass is 494 g/mol. The number of cyclic esters (lactones) is 1. The average Bonchev–Trinajstić information content (AvgIpc) is 2.66. The summed E-state index contributed by atoms with van der Waals surface area (Å²) in [5.41, 5.74) is 0. The molecule has 3 nitrogen and oxygen atoms in total. The number of alkyl halides is 1. The first kappa shape index (κ1) is 20.5. The van der Waals surface area contributed by atoms with E-state index in [0.717, 1.165) is 6.42 Å². The molecule has 1 fully saturated rings. The predicted octanol–water partition coefficient (Wildman–Crippen LogP) is 3.93. The van der Waals surface area contributed by atoms with Crippen molar-refractivity contribution in [1.82, 2.24) is 0 Å². The fraction of sp³-hybridized carbons (Fsp3) is 0.409. The van der Waals surface area contributed by atoms with Crippen LogP contribution in [-0.2, 0) is 14.0 Å². The zero-order valence-electron chi connectivity index (χ0n) is 16.2. The van der Waals surface area contributed by atoms with Crippen molar-refractivity contribution in [3.05, 3.63) is 60.7 Å². The van der Waals surface area contributed by atoms with E-state index in [9.17, 15) is 4.79 Å². The molecule has 0 aliphatic carbocycles. The van der Waals surface area contributed by atoms with Crippen molar-refractivity contribution in [2.45, 2.75) is 38.3 Å². The van der Waals surface area contributed by atoms with Crippen LogP contribution in [0.3, 0.4) is 0 Å². The maximum atomic E-state index is 12.4. The summed E-state index contributed by atoms with van der Waals surface area (Å²) in [6.07, 6.45) is 0.638. The first-order valence-electron chi connectivity index (χ1n) is 9.41. The standard InChI is InChI=1S/C22H27IO3Si/c1-22(2,3)27(17-10-6-4-7-11-17,18-12-8-5-9-13-18)26-20-14-15-25-21(24)19(20)16-23/h4-13,19-20H,14-16H2,1-3H3. The molecule has 1 heterocycles. The number of esters is 1. The lowest BCUT2D eigenvalue weighted by molar-refractivity contribution is -0.157. The first-order chi connectivity index (χ1) is 12.9. The van der Waals surface area contributed by atoms with Crippen molar-refractivity contribution >= 4 is 47.3 Å². The lowest BCUT2D eigenvalue weighted by Crippen LogP contribution is -2.68. The second-order valence-electron chi connectivity index (χ2n) is 8.04. The predicted molar refractivity (Wildman–Crippen MR) is 120 cm³/mol. The lowest BCUT2D eigenvalue weighted by atomic mass is 10.0. The molecular formula is C22H27IO3Si. The largest absolute Gasteiger partial charge is 0.465 e. The molecule has 0 spiro atoms. The molecule has 0 amide bonds. The Hall–Kier alpha value is -1.18. The zero-order valence-corrected chi connectivity index (χ0v) is 19.3. The quantitative estimate of drug-likeness (QED) is 0.274. The molecule has 2 aromatic rings. The fourth-order valence-corrected chi connectivity index (χ4v) is 9.64. The van der Waals surface area contributed by atoms with Gasteiger partial charge in [-0.15, -0.1) is 0 Å². The zero-order chi connectivity index (χ0) is 19.5. The minimum absolute atomic E-state index is 0.0904. The molecule has 3 rings (SSSR count). The summed E-state index contributed by atoms with van der Waals surface area (Å²) >= 11 is 2.27. The number of carbonyl (C=O) groups excluding carboxylic acids is 1. The molecule has 2 atom stereocenters. The molecule has 0 bridgehead atoms. The van der Waals surface area contributed by atoms with Crippen molar-refractivity contribution in [1.29, 1.82) is 0 Å². The molecule has 27 heavy (non-hydrogen) atoms. The van der Waals surface area contributed by atoms with Crippen LogP contribution >= 0.6 is 22.6 Å². The molecule has 1 aliphatic heterocycles. The van der Waals surface area contributed by atoms with Gasteiger partial charge in [0.05, 0.1) is 18.6 Å². The summed E-state index contributed by atoms with van der Waals surface area (Å²) in [6, 6.07) is 21.2. The second kappa shape index (κ2) is 8.45. The summed E-state index contributed by atoms with van der Waals surface area (Å²) in [7, 11) is -2.64. The van der Waals surface area contributed by atoms with E-state index in [4.69, 9.17) is 9.16 Å². The maximum Gasteiger partial charge on any atom is 0.312 e. The average molecular weight is 494 g/mol. The third kappa shape index (κ3) is 4.00. The van der Waals surface area contributed by atoms with E-state index in [0.29, 0.717) is 11.0 Å². The lowest BCUT2D eigenvalue weighted by Gasteiger charge is -2.46. The highest BCUT2D eigenvalue weighted by atomic mass is 127. The summed E-state index contributed by atoms with van der Waals surface area (Å²) in [6.45, 7) is 7.23.